The van der Waals surface area contributed by atoms with E-state index in [1.54, 1.807) is 12.1 Å². The molecular formula is C21H29ClN6O2. The number of guanidine groups is 1. The Labute approximate surface area is 182 Å². The molecule has 2 heterocycles. The monoisotopic (exact) mass is 432 g/mol. The highest BCUT2D eigenvalue weighted by Crippen LogP contribution is 2.20. The summed E-state index contributed by atoms with van der Waals surface area (Å²) in [5, 5.41) is 11.1. The molecule has 0 aliphatic carbocycles. The maximum absolute atomic E-state index is 12.1. The van der Waals surface area contributed by atoms with Crippen LogP contribution in [0.25, 0.3) is 11.4 Å². The number of carbonyl (C=O) groups excluding carboxylic acids is 1. The molecule has 1 aromatic heterocycles. The minimum absolute atomic E-state index is 0.271. The Morgan fingerprint density at radius 2 is 2.20 bits per heavy atom. The van der Waals surface area contributed by atoms with Gasteiger partial charge in [0.15, 0.2) is 5.96 Å². The first kappa shape index (κ1) is 22.1. The molecule has 0 unspecified atom stereocenters. The molecule has 162 valence electrons. The van der Waals surface area contributed by atoms with Gasteiger partial charge in [-0.15, -0.1) is 0 Å². The molecule has 3 rings (SSSR count). The summed E-state index contributed by atoms with van der Waals surface area (Å²) in [5.41, 5.74) is 0.801. The fourth-order valence-electron chi connectivity index (χ4n) is 3.30. The van der Waals surface area contributed by atoms with Crippen molar-refractivity contribution in [2.75, 3.05) is 26.2 Å². The summed E-state index contributed by atoms with van der Waals surface area (Å²) in [6.45, 7) is 5.41. The summed E-state index contributed by atoms with van der Waals surface area (Å²) in [6.07, 6.45) is 4.81. The summed E-state index contributed by atoms with van der Waals surface area (Å²) in [4.78, 5) is 22.9. The van der Waals surface area contributed by atoms with Crippen LogP contribution in [0.5, 0.6) is 0 Å². The summed E-state index contributed by atoms with van der Waals surface area (Å²) in [5.74, 6) is 1.88. The van der Waals surface area contributed by atoms with E-state index in [1.807, 2.05) is 24.0 Å². The van der Waals surface area contributed by atoms with Gasteiger partial charge in [-0.3, -0.25) is 4.79 Å². The Kier molecular flexibility index (Phi) is 8.50. The zero-order chi connectivity index (χ0) is 21.2. The highest BCUT2D eigenvalue weighted by Gasteiger charge is 2.15. The Hall–Kier alpha value is -2.61. The highest BCUT2D eigenvalue weighted by atomic mass is 35.5. The molecule has 1 amide bonds. The summed E-state index contributed by atoms with van der Waals surface area (Å²) < 4.78 is 5.31. The number of benzene rings is 1. The first-order chi connectivity index (χ1) is 14.7. The van der Waals surface area contributed by atoms with Crippen molar-refractivity contribution in [3.05, 3.63) is 35.2 Å². The van der Waals surface area contributed by atoms with E-state index >= 15 is 0 Å². The molecule has 1 aliphatic rings. The van der Waals surface area contributed by atoms with Gasteiger partial charge in [0.25, 0.3) is 0 Å². The number of amides is 1. The topological polar surface area (TPSA) is 95.7 Å². The van der Waals surface area contributed by atoms with Gasteiger partial charge in [-0.2, -0.15) is 4.98 Å². The average molecular weight is 433 g/mol. The molecule has 0 saturated carbocycles. The molecule has 1 aromatic carbocycles. The lowest BCUT2D eigenvalue weighted by Crippen LogP contribution is -2.39. The van der Waals surface area contributed by atoms with Crippen molar-refractivity contribution >= 4 is 23.5 Å². The molecule has 0 atom stereocenters. The SMILES string of the molecule is CCNC(=NCc1nc(-c2cccc(Cl)c2)no1)NCCCN1CCCCCC1=O. The van der Waals surface area contributed by atoms with Crippen molar-refractivity contribution in [3.8, 4) is 11.4 Å². The number of aromatic nitrogens is 2. The van der Waals surface area contributed by atoms with Gasteiger partial charge in [0.1, 0.15) is 6.54 Å². The van der Waals surface area contributed by atoms with Gasteiger partial charge in [-0.1, -0.05) is 35.3 Å². The molecule has 0 bridgehead atoms. The van der Waals surface area contributed by atoms with Gasteiger partial charge in [-0.05, 0) is 38.3 Å². The van der Waals surface area contributed by atoms with Gasteiger partial charge in [0.05, 0.1) is 0 Å². The number of hydrogen-bond acceptors (Lipinski definition) is 5. The summed E-state index contributed by atoms with van der Waals surface area (Å²) in [7, 11) is 0. The maximum atomic E-state index is 12.1. The second kappa shape index (κ2) is 11.5. The van der Waals surface area contributed by atoms with E-state index in [9.17, 15) is 4.79 Å². The lowest BCUT2D eigenvalue weighted by atomic mass is 10.2. The van der Waals surface area contributed by atoms with Crippen LogP contribution in [0.4, 0.5) is 0 Å². The molecule has 1 saturated heterocycles. The number of likely N-dealkylation sites (tertiary alicyclic amines) is 1. The number of aliphatic imine (C=N–C) groups is 1. The fraction of sp³-hybridized carbons (Fsp3) is 0.524. The first-order valence-corrected chi connectivity index (χ1v) is 10.9. The van der Waals surface area contributed by atoms with Gasteiger partial charge in [0.2, 0.25) is 17.6 Å². The van der Waals surface area contributed by atoms with Crippen molar-refractivity contribution in [1.29, 1.82) is 0 Å². The summed E-state index contributed by atoms with van der Waals surface area (Å²) in [6, 6.07) is 7.32. The Morgan fingerprint density at radius 3 is 3.03 bits per heavy atom. The van der Waals surface area contributed by atoms with Crippen LogP contribution >= 0.6 is 11.6 Å². The molecular weight excluding hydrogens is 404 g/mol. The number of halogens is 1. The van der Waals surface area contributed by atoms with Crippen LogP contribution < -0.4 is 10.6 Å². The lowest BCUT2D eigenvalue weighted by molar-refractivity contribution is -0.130. The standard InChI is InChI=1S/C21H29ClN6O2/c1-2-23-21(24-11-7-13-28-12-5-3-4-10-19(28)29)25-15-18-26-20(27-30-18)16-8-6-9-17(22)14-16/h6,8-9,14H,2-5,7,10-13,15H2,1H3,(H2,23,24,25). The number of nitrogens with one attached hydrogen (secondary N) is 2. The third-order valence-electron chi connectivity index (χ3n) is 4.84. The Balaban J connectivity index is 1.49. The van der Waals surface area contributed by atoms with E-state index < -0.39 is 0 Å². The number of rotatable bonds is 8. The molecule has 2 aromatic rings. The first-order valence-electron chi connectivity index (χ1n) is 10.5. The number of carbonyl (C=O) groups is 1. The van der Waals surface area contributed by atoms with Crippen molar-refractivity contribution < 1.29 is 9.32 Å². The minimum atomic E-state index is 0.271. The van der Waals surface area contributed by atoms with E-state index in [0.717, 1.165) is 57.4 Å². The van der Waals surface area contributed by atoms with E-state index in [4.69, 9.17) is 16.1 Å². The molecule has 0 spiro atoms. The fourth-order valence-corrected chi connectivity index (χ4v) is 3.49. The third kappa shape index (κ3) is 6.73. The van der Waals surface area contributed by atoms with Crippen LogP contribution in [0.2, 0.25) is 5.02 Å². The lowest BCUT2D eigenvalue weighted by Gasteiger charge is -2.20. The number of nitrogens with zero attached hydrogens (tertiary/aromatic N) is 4. The Morgan fingerprint density at radius 1 is 1.30 bits per heavy atom. The predicted molar refractivity (Wildman–Crippen MR) is 117 cm³/mol. The molecule has 9 heteroatoms. The molecule has 30 heavy (non-hydrogen) atoms. The number of hydrogen-bond donors (Lipinski definition) is 2. The van der Waals surface area contributed by atoms with Crippen LogP contribution in [0.3, 0.4) is 0 Å². The second-order valence-electron chi connectivity index (χ2n) is 7.19. The van der Waals surface area contributed by atoms with Crippen LogP contribution in [0, 0.1) is 0 Å². The van der Waals surface area contributed by atoms with Crippen LogP contribution in [0.15, 0.2) is 33.8 Å². The van der Waals surface area contributed by atoms with Crippen molar-refractivity contribution in [2.45, 2.75) is 45.6 Å². The predicted octanol–water partition coefficient (Wildman–Crippen LogP) is 3.24. The van der Waals surface area contributed by atoms with Crippen LogP contribution in [0.1, 0.15) is 44.9 Å². The van der Waals surface area contributed by atoms with Crippen LogP contribution in [-0.2, 0) is 11.3 Å². The molecule has 8 nitrogen and oxygen atoms in total. The molecule has 0 radical (unpaired) electrons. The molecule has 1 fully saturated rings. The smallest absolute Gasteiger partial charge is 0.248 e. The zero-order valence-corrected chi connectivity index (χ0v) is 18.1. The zero-order valence-electron chi connectivity index (χ0n) is 17.4. The third-order valence-corrected chi connectivity index (χ3v) is 5.07. The van der Waals surface area contributed by atoms with Gasteiger partial charge in [0, 0.05) is 43.2 Å². The van der Waals surface area contributed by atoms with Gasteiger partial charge < -0.3 is 20.1 Å². The van der Waals surface area contributed by atoms with E-state index in [2.05, 4.69) is 25.8 Å². The van der Waals surface area contributed by atoms with Crippen molar-refractivity contribution in [3.63, 3.8) is 0 Å². The largest absolute Gasteiger partial charge is 0.357 e. The normalized spacial score (nSPS) is 15.2. The molecule has 2 N–H and O–H groups in total. The van der Waals surface area contributed by atoms with Gasteiger partial charge >= 0.3 is 0 Å². The summed E-state index contributed by atoms with van der Waals surface area (Å²) >= 11 is 6.02. The average Bonchev–Trinajstić information content (AvgIpc) is 3.12. The van der Waals surface area contributed by atoms with E-state index in [1.165, 1.54) is 0 Å². The minimum Gasteiger partial charge on any atom is -0.357 e. The molecule has 1 aliphatic heterocycles. The quantitative estimate of drug-likeness (QED) is 0.377. The van der Waals surface area contributed by atoms with E-state index in [-0.39, 0.29) is 12.5 Å². The van der Waals surface area contributed by atoms with E-state index in [0.29, 0.717) is 29.1 Å². The van der Waals surface area contributed by atoms with Gasteiger partial charge in [-0.25, -0.2) is 4.99 Å². The second-order valence-corrected chi connectivity index (χ2v) is 7.63. The van der Waals surface area contributed by atoms with Crippen molar-refractivity contribution in [2.24, 2.45) is 4.99 Å². The van der Waals surface area contributed by atoms with Crippen molar-refractivity contribution in [1.82, 2.24) is 25.7 Å². The van der Waals surface area contributed by atoms with Crippen LogP contribution in [-0.4, -0.2) is 53.1 Å². The Bertz CT molecular complexity index is 854. The maximum Gasteiger partial charge on any atom is 0.248 e. The highest BCUT2D eigenvalue weighted by molar-refractivity contribution is 6.30.